The van der Waals surface area contributed by atoms with Crippen LogP contribution in [0.25, 0.3) is 11.3 Å². The Morgan fingerprint density at radius 3 is 2.50 bits per heavy atom. The summed E-state index contributed by atoms with van der Waals surface area (Å²) >= 11 is 6.14. The van der Waals surface area contributed by atoms with Crippen molar-refractivity contribution in [3.63, 3.8) is 0 Å². The number of halogens is 1. The summed E-state index contributed by atoms with van der Waals surface area (Å²) in [6.07, 6.45) is 0.843. The number of benzene rings is 3. The van der Waals surface area contributed by atoms with Crippen LogP contribution in [0.3, 0.4) is 0 Å². The van der Waals surface area contributed by atoms with Gasteiger partial charge in [-0.1, -0.05) is 54.1 Å². The lowest BCUT2D eigenvalue weighted by molar-refractivity contribution is -0.136. The molecule has 6 nitrogen and oxygen atoms in total. The maximum absolute atomic E-state index is 13.1. The molecule has 0 radical (unpaired) electrons. The first kappa shape index (κ1) is 23.5. The molecule has 1 aliphatic heterocycles. The van der Waals surface area contributed by atoms with E-state index >= 15 is 0 Å². The number of rotatable bonds is 8. The largest absolute Gasteiger partial charge is 0.481 e. The molecule has 0 atom stereocenters. The first-order chi connectivity index (χ1) is 16.3. The fourth-order valence-electron chi connectivity index (χ4n) is 3.94. The minimum absolute atomic E-state index is 0.0602. The summed E-state index contributed by atoms with van der Waals surface area (Å²) in [6.45, 7) is 0.930. The minimum atomic E-state index is -0.889. The Balaban J connectivity index is 1.78. The average molecular weight is 476 g/mol. The molecular weight excluding hydrogens is 450 g/mol. The Morgan fingerprint density at radius 2 is 1.79 bits per heavy atom. The molecule has 1 heterocycles. The first-order valence-electron chi connectivity index (χ1n) is 11.0. The Kier molecular flexibility index (Phi) is 7.01. The number of carbonyl (C=O) groups excluding carboxylic acids is 1. The number of carboxylic acid groups (broad SMARTS) is 1. The van der Waals surface area contributed by atoms with Gasteiger partial charge in [0.25, 0.3) is 5.91 Å². The van der Waals surface area contributed by atoms with Crippen LogP contribution in [-0.2, 0) is 22.4 Å². The van der Waals surface area contributed by atoms with E-state index in [0.717, 1.165) is 29.8 Å². The number of nitrogens with one attached hydrogen (secondary N) is 2. The van der Waals surface area contributed by atoms with Crippen molar-refractivity contribution < 1.29 is 14.7 Å². The molecule has 0 aromatic heterocycles. The third-order valence-corrected chi connectivity index (χ3v) is 5.85. The molecule has 3 aromatic rings. The lowest BCUT2D eigenvalue weighted by atomic mass is 9.98. The van der Waals surface area contributed by atoms with E-state index in [2.05, 4.69) is 27.7 Å². The number of carbonyl (C=O) groups is 2. The second-order valence-corrected chi connectivity index (χ2v) is 8.98. The highest BCUT2D eigenvalue weighted by Crippen LogP contribution is 2.38. The summed E-state index contributed by atoms with van der Waals surface area (Å²) in [5.41, 5.74) is 6.09. The molecule has 0 saturated carbocycles. The summed E-state index contributed by atoms with van der Waals surface area (Å²) in [7, 11) is 4.09. The molecule has 4 rings (SSSR count). The molecule has 34 heavy (non-hydrogen) atoms. The van der Waals surface area contributed by atoms with E-state index in [0.29, 0.717) is 27.5 Å². The van der Waals surface area contributed by atoms with E-state index in [4.69, 9.17) is 16.7 Å². The van der Waals surface area contributed by atoms with Crippen molar-refractivity contribution in [2.45, 2.75) is 12.8 Å². The van der Waals surface area contributed by atoms with Crippen molar-refractivity contribution >= 4 is 46.1 Å². The van der Waals surface area contributed by atoms with E-state index in [1.807, 2.05) is 44.4 Å². The SMILES string of the molecule is CN(C)CCc1cccc(N/C(=C2\C(=O)Nc3cc(Cl)ccc32)c2ccc(CC(=O)O)cc2)c1. The molecule has 3 aromatic carbocycles. The third-order valence-electron chi connectivity index (χ3n) is 5.62. The van der Waals surface area contributed by atoms with Gasteiger partial charge in [-0.05, 0) is 61.5 Å². The first-order valence-corrected chi connectivity index (χ1v) is 11.4. The number of nitrogens with zero attached hydrogens (tertiary/aromatic N) is 1. The van der Waals surface area contributed by atoms with Crippen molar-refractivity contribution in [3.05, 3.63) is 94.0 Å². The lowest BCUT2D eigenvalue weighted by Crippen LogP contribution is -2.15. The van der Waals surface area contributed by atoms with Gasteiger partial charge in [0.1, 0.15) is 0 Å². The number of hydrogen-bond donors (Lipinski definition) is 3. The molecule has 1 amide bonds. The Morgan fingerprint density at radius 1 is 1.03 bits per heavy atom. The molecule has 174 valence electrons. The number of hydrogen-bond acceptors (Lipinski definition) is 4. The van der Waals surface area contributed by atoms with E-state index in [1.165, 1.54) is 5.56 Å². The Bertz CT molecular complexity index is 1270. The minimum Gasteiger partial charge on any atom is -0.481 e. The molecular formula is C27H26ClN3O3. The fraction of sp³-hybridized carbons (Fsp3) is 0.185. The fourth-order valence-corrected chi connectivity index (χ4v) is 4.11. The van der Waals surface area contributed by atoms with E-state index < -0.39 is 5.97 Å². The maximum atomic E-state index is 13.1. The van der Waals surface area contributed by atoms with Crippen molar-refractivity contribution in [1.82, 2.24) is 4.90 Å². The van der Waals surface area contributed by atoms with Crippen molar-refractivity contribution in [1.29, 1.82) is 0 Å². The highest BCUT2D eigenvalue weighted by molar-refractivity contribution is 6.38. The second-order valence-electron chi connectivity index (χ2n) is 8.54. The van der Waals surface area contributed by atoms with Crippen molar-refractivity contribution in [3.8, 4) is 0 Å². The quantitative estimate of drug-likeness (QED) is 0.399. The van der Waals surface area contributed by atoms with Gasteiger partial charge in [0.2, 0.25) is 0 Å². The lowest BCUT2D eigenvalue weighted by Gasteiger charge is -2.16. The van der Waals surface area contributed by atoms with Gasteiger partial charge in [-0.15, -0.1) is 0 Å². The van der Waals surface area contributed by atoms with Gasteiger partial charge in [-0.25, -0.2) is 0 Å². The van der Waals surface area contributed by atoms with Crippen LogP contribution in [0.5, 0.6) is 0 Å². The molecule has 1 aliphatic rings. The van der Waals surface area contributed by atoms with Gasteiger partial charge in [-0.2, -0.15) is 0 Å². The molecule has 7 heteroatoms. The monoisotopic (exact) mass is 475 g/mol. The molecule has 0 bridgehead atoms. The van der Waals surface area contributed by atoms with Gasteiger partial charge in [0.05, 0.1) is 23.4 Å². The predicted molar refractivity (Wildman–Crippen MR) is 137 cm³/mol. The van der Waals surface area contributed by atoms with Crippen molar-refractivity contribution in [2.24, 2.45) is 0 Å². The summed E-state index contributed by atoms with van der Waals surface area (Å²) in [5, 5.41) is 16.0. The third kappa shape index (κ3) is 5.47. The predicted octanol–water partition coefficient (Wildman–Crippen LogP) is 5.00. The topological polar surface area (TPSA) is 81.7 Å². The average Bonchev–Trinajstić information content (AvgIpc) is 3.11. The van der Waals surface area contributed by atoms with Gasteiger partial charge in [0.15, 0.2) is 0 Å². The number of anilines is 2. The Labute approximate surface area is 203 Å². The maximum Gasteiger partial charge on any atom is 0.307 e. The number of fused-ring (bicyclic) bond motifs is 1. The summed E-state index contributed by atoms with van der Waals surface area (Å²) in [4.78, 5) is 26.3. The van der Waals surface area contributed by atoms with Gasteiger partial charge in [-0.3, -0.25) is 9.59 Å². The summed E-state index contributed by atoms with van der Waals surface area (Å²) in [6, 6.07) is 20.7. The van der Waals surface area contributed by atoms with Crippen molar-refractivity contribution in [2.75, 3.05) is 31.3 Å². The van der Waals surface area contributed by atoms with Gasteiger partial charge in [0, 0.05) is 22.8 Å². The van der Waals surface area contributed by atoms with Gasteiger partial charge >= 0.3 is 5.97 Å². The smallest absolute Gasteiger partial charge is 0.307 e. The second kappa shape index (κ2) is 10.1. The zero-order valence-corrected chi connectivity index (χ0v) is 19.8. The Hall–Kier alpha value is -3.61. The molecule has 3 N–H and O–H groups in total. The van der Waals surface area contributed by atoms with Crippen LogP contribution in [0.4, 0.5) is 11.4 Å². The summed E-state index contributed by atoms with van der Waals surface area (Å²) < 4.78 is 0. The molecule has 0 saturated heterocycles. The number of carboxylic acids is 1. The van der Waals surface area contributed by atoms with E-state index in [9.17, 15) is 9.59 Å². The summed E-state index contributed by atoms with van der Waals surface area (Å²) in [5.74, 6) is -1.11. The van der Waals surface area contributed by atoms with Crippen LogP contribution in [0.1, 0.15) is 22.3 Å². The number of likely N-dealkylation sites (N-methyl/N-ethyl adjacent to an activating group) is 1. The van der Waals surface area contributed by atoms with Gasteiger partial charge < -0.3 is 20.6 Å². The standard InChI is InChI=1S/C27H26ClN3O3/c1-31(2)13-12-17-4-3-5-21(14-17)29-26(19-8-6-18(7-9-19)15-24(32)33)25-22-11-10-20(28)16-23(22)30-27(25)34/h3-11,14,16,29H,12-13,15H2,1-2H3,(H,30,34)(H,32,33)/b26-25-. The zero-order valence-electron chi connectivity index (χ0n) is 19.1. The van der Waals surface area contributed by atoms with Crippen LogP contribution in [0, 0.1) is 0 Å². The molecule has 0 aliphatic carbocycles. The highest BCUT2D eigenvalue weighted by Gasteiger charge is 2.28. The molecule has 0 fully saturated rings. The molecule has 0 spiro atoms. The van der Waals surface area contributed by atoms with Crippen LogP contribution >= 0.6 is 11.6 Å². The molecule has 0 unspecified atom stereocenters. The van der Waals surface area contributed by atoms with E-state index in [1.54, 1.807) is 24.3 Å². The van der Waals surface area contributed by atoms with Crippen LogP contribution < -0.4 is 10.6 Å². The van der Waals surface area contributed by atoms with E-state index in [-0.39, 0.29) is 12.3 Å². The van der Waals surface area contributed by atoms with Crippen LogP contribution in [0.2, 0.25) is 5.02 Å². The number of amides is 1. The zero-order chi connectivity index (χ0) is 24.2. The van der Waals surface area contributed by atoms with Crippen LogP contribution in [0.15, 0.2) is 66.7 Å². The highest BCUT2D eigenvalue weighted by atomic mass is 35.5. The normalized spacial score (nSPS) is 14.1. The van der Waals surface area contributed by atoms with Crippen LogP contribution in [-0.4, -0.2) is 42.5 Å². The number of aliphatic carboxylic acids is 1.